The number of ether oxygens (including phenoxy) is 1. The predicted octanol–water partition coefficient (Wildman–Crippen LogP) is 3.76. The topological polar surface area (TPSA) is 26.3 Å². The van der Waals surface area contributed by atoms with Crippen LogP contribution in [-0.2, 0) is 4.74 Å². The third kappa shape index (κ3) is 3.11. The van der Waals surface area contributed by atoms with Gasteiger partial charge in [0.15, 0.2) is 5.78 Å². The summed E-state index contributed by atoms with van der Waals surface area (Å²) in [7, 11) is 0. The maximum atomic E-state index is 11.9. The SMILES string of the molecule is O=C(CCOCC(F)F)c1csc2ccccc12. The molecular formula is C13H12F2O2S. The summed E-state index contributed by atoms with van der Waals surface area (Å²) in [5.41, 5.74) is 0.649. The van der Waals surface area contributed by atoms with E-state index in [-0.39, 0.29) is 18.8 Å². The molecule has 0 unspecified atom stereocenters. The van der Waals surface area contributed by atoms with Crippen LogP contribution in [0.25, 0.3) is 10.1 Å². The van der Waals surface area contributed by atoms with Crippen LogP contribution in [0, 0.1) is 0 Å². The minimum atomic E-state index is -2.48. The van der Waals surface area contributed by atoms with Gasteiger partial charge in [0, 0.05) is 27.5 Å². The fourth-order valence-corrected chi connectivity index (χ4v) is 2.63. The Morgan fingerprint density at radius 3 is 2.89 bits per heavy atom. The van der Waals surface area contributed by atoms with E-state index in [1.165, 1.54) is 11.3 Å². The van der Waals surface area contributed by atoms with E-state index in [4.69, 9.17) is 4.74 Å². The van der Waals surface area contributed by atoms with E-state index in [2.05, 4.69) is 0 Å². The van der Waals surface area contributed by atoms with Crippen molar-refractivity contribution >= 4 is 27.2 Å². The monoisotopic (exact) mass is 270 g/mol. The molecule has 0 radical (unpaired) electrons. The number of rotatable bonds is 6. The summed E-state index contributed by atoms with van der Waals surface area (Å²) in [5.74, 6) is -0.0679. The number of alkyl halides is 2. The van der Waals surface area contributed by atoms with E-state index in [0.717, 1.165) is 10.1 Å². The van der Waals surface area contributed by atoms with Gasteiger partial charge in [0.2, 0.25) is 0 Å². The Balaban J connectivity index is 1.97. The van der Waals surface area contributed by atoms with Gasteiger partial charge in [0.05, 0.1) is 6.61 Å². The number of benzene rings is 1. The van der Waals surface area contributed by atoms with Crippen molar-refractivity contribution in [2.75, 3.05) is 13.2 Å². The highest BCUT2D eigenvalue weighted by molar-refractivity contribution is 7.17. The van der Waals surface area contributed by atoms with Crippen LogP contribution in [-0.4, -0.2) is 25.4 Å². The summed E-state index contributed by atoms with van der Waals surface area (Å²) < 4.78 is 29.4. The second-order valence-electron chi connectivity index (χ2n) is 3.78. The first-order valence-corrected chi connectivity index (χ1v) is 6.42. The molecule has 96 valence electrons. The summed E-state index contributed by atoms with van der Waals surface area (Å²) in [6.07, 6.45) is -2.35. The van der Waals surface area contributed by atoms with Crippen molar-refractivity contribution in [1.29, 1.82) is 0 Å². The standard InChI is InChI=1S/C13H12F2O2S/c14-13(15)7-17-6-5-11(16)10-8-18-12-4-2-1-3-9(10)12/h1-4,8,13H,5-7H2. The third-order valence-corrected chi connectivity index (χ3v) is 3.46. The highest BCUT2D eigenvalue weighted by Gasteiger charge is 2.12. The molecule has 0 fully saturated rings. The fraction of sp³-hybridized carbons (Fsp3) is 0.308. The summed E-state index contributed by atoms with van der Waals surface area (Å²) in [4.78, 5) is 11.9. The first-order valence-electron chi connectivity index (χ1n) is 5.54. The number of carbonyl (C=O) groups is 1. The summed E-state index contributed by atoms with van der Waals surface area (Å²) in [6, 6.07) is 7.63. The molecule has 1 heterocycles. The number of ketones is 1. The molecule has 0 bridgehead atoms. The Morgan fingerprint density at radius 1 is 1.33 bits per heavy atom. The third-order valence-electron chi connectivity index (χ3n) is 2.50. The van der Waals surface area contributed by atoms with Crippen molar-refractivity contribution in [3.63, 3.8) is 0 Å². The predicted molar refractivity (Wildman–Crippen MR) is 67.6 cm³/mol. The second-order valence-corrected chi connectivity index (χ2v) is 4.70. The van der Waals surface area contributed by atoms with E-state index in [1.807, 2.05) is 24.3 Å². The van der Waals surface area contributed by atoms with Gasteiger partial charge in [0.1, 0.15) is 6.61 Å². The van der Waals surface area contributed by atoms with E-state index in [1.54, 1.807) is 5.38 Å². The van der Waals surface area contributed by atoms with Gasteiger partial charge in [-0.2, -0.15) is 0 Å². The van der Waals surface area contributed by atoms with Crippen molar-refractivity contribution < 1.29 is 18.3 Å². The summed E-state index contributed by atoms with van der Waals surface area (Å²) in [5, 5.41) is 2.72. The van der Waals surface area contributed by atoms with Crippen LogP contribution < -0.4 is 0 Å². The van der Waals surface area contributed by atoms with Gasteiger partial charge in [-0.1, -0.05) is 18.2 Å². The molecular weight excluding hydrogens is 258 g/mol. The van der Waals surface area contributed by atoms with Crippen LogP contribution in [0.1, 0.15) is 16.8 Å². The van der Waals surface area contributed by atoms with E-state index < -0.39 is 13.0 Å². The average molecular weight is 270 g/mol. The molecule has 2 rings (SSSR count). The van der Waals surface area contributed by atoms with Crippen LogP contribution >= 0.6 is 11.3 Å². The number of hydrogen-bond acceptors (Lipinski definition) is 3. The van der Waals surface area contributed by atoms with Crippen LogP contribution in [0.5, 0.6) is 0 Å². The van der Waals surface area contributed by atoms with Gasteiger partial charge in [0.25, 0.3) is 6.43 Å². The van der Waals surface area contributed by atoms with Crippen molar-refractivity contribution in [2.45, 2.75) is 12.8 Å². The highest BCUT2D eigenvalue weighted by Crippen LogP contribution is 2.26. The average Bonchev–Trinajstić information content (AvgIpc) is 2.78. The van der Waals surface area contributed by atoms with Gasteiger partial charge in [-0.25, -0.2) is 8.78 Å². The lowest BCUT2D eigenvalue weighted by Gasteiger charge is -2.02. The Kier molecular flexibility index (Phi) is 4.38. The second kappa shape index (κ2) is 6.02. The number of hydrogen-bond donors (Lipinski definition) is 0. The molecule has 1 aromatic carbocycles. The zero-order valence-corrected chi connectivity index (χ0v) is 10.4. The molecule has 2 nitrogen and oxygen atoms in total. The normalized spacial score (nSPS) is 11.3. The van der Waals surface area contributed by atoms with Gasteiger partial charge in [-0.3, -0.25) is 4.79 Å². The number of fused-ring (bicyclic) bond motifs is 1. The maximum Gasteiger partial charge on any atom is 0.261 e. The lowest BCUT2D eigenvalue weighted by molar-refractivity contribution is 0.0170. The van der Waals surface area contributed by atoms with Crippen molar-refractivity contribution in [3.05, 3.63) is 35.2 Å². The van der Waals surface area contributed by atoms with Gasteiger partial charge in [-0.05, 0) is 6.07 Å². The van der Waals surface area contributed by atoms with Crippen LogP contribution in [0.15, 0.2) is 29.6 Å². The maximum absolute atomic E-state index is 11.9. The van der Waals surface area contributed by atoms with E-state index in [9.17, 15) is 13.6 Å². The molecule has 1 aromatic heterocycles. The molecule has 0 saturated carbocycles. The van der Waals surface area contributed by atoms with Crippen LogP contribution in [0.4, 0.5) is 8.78 Å². The van der Waals surface area contributed by atoms with E-state index >= 15 is 0 Å². The Morgan fingerprint density at radius 2 is 2.11 bits per heavy atom. The quantitative estimate of drug-likeness (QED) is 0.590. The first kappa shape index (κ1) is 13.1. The minimum absolute atomic E-state index is 0.0351. The van der Waals surface area contributed by atoms with Crippen LogP contribution in [0.2, 0.25) is 0 Å². The fourth-order valence-electron chi connectivity index (χ4n) is 1.67. The number of Topliss-reactive ketones (excluding diaryl/α,β-unsaturated/α-hetero) is 1. The first-order chi connectivity index (χ1) is 8.68. The van der Waals surface area contributed by atoms with Gasteiger partial charge < -0.3 is 4.74 Å². The van der Waals surface area contributed by atoms with Gasteiger partial charge >= 0.3 is 0 Å². The molecule has 0 aliphatic heterocycles. The molecule has 0 saturated heterocycles. The molecule has 18 heavy (non-hydrogen) atoms. The zero-order chi connectivity index (χ0) is 13.0. The molecule has 5 heteroatoms. The van der Waals surface area contributed by atoms with Crippen LogP contribution in [0.3, 0.4) is 0 Å². The molecule has 0 aliphatic carbocycles. The minimum Gasteiger partial charge on any atom is -0.375 e. The smallest absolute Gasteiger partial charge is 0.261 e. The largest absolute Gasteiger partial charge is 0.375 e. The van der Waals surface area contributed by atoms with Crippen molar-refractivity contribution in [1.82, 2.24) is 0 Å². The molecule has 2 aromatic rings. The zero-order valence-electron chi connectivity index (χ0n) is 9.57. The number of carbonyl (C=O) groups excluding carboxylic acids is 1. The molecule has 0 aliphatic rings. The molecule has 0 spiro atoms. The Labute approximate surface area is 107 Å². The number of thiophene rings is 1. The number of halogens is 2. The Bertz CT molecular complexity index is 537. The van der Waals surface area contributed by atoms with E-state index in [0.29, 0.717) is 5.56 Å². The van der Waals surface area contributed by atoms with Crippen molar-refractivity contribution in [2.24, 2.45) is 0 Å². The summed E-state index contributed by atoms with van der Waals surface area (Å²) >= 11 is 1.50. The lowest BCUT2D eigenvalue weighted by Crippen LogP contribution is -2.09. The Hall–Kier alpha value is -1.33. The highest BCUT2D eigenvalue weighted by atomic mass is 32.1. The van der Waals surface area contributed by atoms with Gasteiger partial charge in [-0.15, -0.1) is 11.3 Å². The van der Waals surface area contributed by atoms with Crippen molar-refractivity contribution in [3.8, 4) is 0 Å². The summed E-state index contributed by atoms with van der Waals surface area (Å²) in [6.45, 7) is -0.578. The molecule has 0 N–H and O–H groups in total. The molecule has 0 amide bonds. The lowest BCUT2D eigenvalue weighted by atomic mass is 10.1. The molecule has 0 atom stereocenters.